The Kier molecular flexibility index (Phi) is 6.48. The molecule has 22 heavy (non-hydrogen) atoms. The summed E-state index contributed by atoms with van der Waals surface area (Å²) in [6.07, 6.45) is -2.89. The number of carbonyl (C=O) groups excluding carboxylic acids is 1. The monoisotopic (exact) mass is 340 g/mol. The van der Waals surface area contributed by atoms with Gasteiger partial charge in [-0.15, -0.1) is 0 Å². The van der Waals surface area contributed by atoms with E-state index in [1.165, 1.54) is 11.8 Å². The van der Waals surface area contributed by atoms with Gasteiger partial charge in [0.05, 0.1) is 17.9 Å². The first kappa shape index (κ1) is 18.6. The van der Waals surface area contributed by atoms with Crippen LogP contribution in [0.5, 0.6) is 0 Å². The molecule has 124 valence electrons. The van der Waals surface area contributed by atoms with Gasteiger partial charge in [-0.1, -0.05) is 0 Å². The van der Waals surface area contributed by atoms with Crippen LogP contribution in [-0.2, 0) is 6.18 Å². The van der Waals surface area contributed by atoms with Crippen LogP contribution in [0.2, 0.25) is 0 Å². The van der Waals surface area contributed by atoms with E-state index in [1.54, 1.807) is 13.2 Å². The molecular weight excluding hydrogens is 324 g/mol. The summed E-state index contributed by atoms with van der Waals surface area (Å²) in [5.74, 6) is -0.973. The second-order valence-electron chi connectivity index (χ2n) is 4.54. The molecular formula is C13H16F4N2O2S. The lowest BCUT2D eigenvalue weighted by Gasteiger charge is -2.21. The first-order chi connectivity index (χ1) is 10.2. The Balaban J connectivity index is 2.80. The molecule has 3 N–H and O–H groups in total. The zero-order chi connectivity index (χ0) is 16.9. The number of rotatable bonds is 5. The maximum Gasteiger partial charge on any atom is 0.416 e. The number of urea groups is 1. The van der Waals surface area contributed by atoms with Gasteiger partial charge in [0, 0.05) is 11.3 Å². The number of nitrogens with one attached hydrogen (secondary N) is 2. The van der Waals surface area contributed by atoms with Gasteiger partial charge in [-0.05, 0) is 31.4 Å². The molecule has 0 aromatic heterocycles. The molecule has 1 aromatic carbocycles. The lowest BCUT2D eigenvalue weighted by Crippen LogP contribution is -2.43. The van der Waals surface area contributed by atoms with E-state index in [-0.39, 0.29) is 11.9 Å². The highest BCUT2D eigenvalue weighted by Crippen LogP contribution is 2.31. The van der Waals surface area contributed by atoms with Crippen molar-refractivity contribution in [3.05, 3.63) is 29.6 Å². The van der Waals surface area contributed by atoms with Crippen LogP contribution >= 0.6 is 11.8 Å². The molecule has 4 nitrogen and oxygen atoms in total. The highest BCUT2D eigenvalue weighted by atomic mass is 32.2. The topological polar surface area (TPSA) is 61.4 Å². The molecule has 1 rings (SSSR count). The second kappa shape index (κ2) is 7.68. The third-order valence-electron chi connectivity index (χ3n) is 2.94. The Bertz CT molecular complexity index is 521. The maximum absolute atomic E-state index is 13.5. The van der Waals surface area contributed by atoms with E-state index in [0.29, 0.717) is 18.2 Å². The molecule has 2 unspecified atom stereocenters. The molecule has 0 saturated heterocycles. The summed E-state index contributed by atoms with van der Waals surface area (Å²) in [4.78, 5) is 11.7. The van der Waals surface area contributed by atoms with Crippen LogP contribution in [0.3, 0.4) is 0 Å². The van der Waals surface area contributed by atoms with Gasteiger partial charge in [-0.2, -0.15) is 24.9 Å². The van der Waals surface area contributed by atoms with Crippen molar-refractivity contribution in [1.82, 2.24) is 5.32 Å². The summed E-state index contributed by atoms with van der Waals surface area (Å²) in [7, 11) is 0. The maximum atomic E-state index is 13.5. The number of thioether (sulfide) groups is 1. The minimum atomic E-state index is -4.63. The fourth-order valence-corrected chi connectivity index (χ4v) is 2.32. The number of carbonyl (C=O) groups is 1. The Hall–Kier alpha value is -1.48. The Morgan fingerprint density at radius 3 is 2.55 bits per heavy atom. The number of hydrogen-bond acceptors (Lipinski definition) is 3. The van der Waals surface area contributed by atoms with Crippen molar-refractivity contribution < 1.29 is 27.5 Å². The molecule has 0 bridgehead atoms. The molecule has 0 aliphatic rings. The Morgan fingerprint density at radius 1 is 1.41 bits per heavy atom. The molecule has 2 amide bonds. The van der Waals surface area contributed by atoms with Gasteiger partial charge >= 0.3 is 12.2 Å². The van der Waals surface area contributed by atoms with Crippen molar-refractivity contribution in [2.75, 3.05) is 18.2 Å². The molecule has 0 aliphatic heterocycles. The van der Waals surface area contributed by atoms with Crippen molar-refractivity contribution in [2.24, 2.45) is 0 Å². The molecule has 0 aliphatic carbocycles. The molecule has 9 heteroatoms. The van der Waals surface area contributed by atoms with E-state index in [4.69, 9.17) is 5.11 Å². The lowest BCUT2D eigenvalue weighted by molar-refractivity contribution is -0.137. The Morgan fingerprint density at radius 2 is 2.05 bits per heavy atom. The normalized spacial score (nSPS) is 14.3. The van der Waals surface area contributed by atoms with E-state index in [2.05, 4.69) is 5.32 Å². The van der Waals surface area contributed by atoms with Crippen molar-refractivity contribution in [1.29, 1.82) is 0 Å². The zero-order valence-corrected chi connectivity index (χ0v) is 12.7. The summed E-state index contributed by atoms with van der Waals surface area (Å²) >= 11 is 1.32. The van der Waals surface area contributed by atoms with Crippen LogP contribution < -0.4 is 10.6 Å². The smallest absolute Gasteiger partial charge is 0.395 e. The fraction of sp³-hybridized carbons (Fsp3) is 0.462. The summed E-state index contributed by atoms with van der Waals surface area (Å²) in [5, 5.41) is 13.3. The van der Waals surface area contributed by atoms with Crippen LogP contribution in [-0.4, -0.2) is 35.3 Å². The lowest BCUT2D eigenvalue weighted by atomic mass is 10.2. The molecule has 0 heterocycles. The van der Waals surface area contributed by atoms with Gasteiger partial charge in [0.2, 0.25) is 0 Å². The number of aliphatic hydroxyl groups is 1. The molecule has 1 aromatic rings. The summed E-state index contributed by atoms with van der Waals surface area (Å²) in [6.45, 7) is 1.44. The SMILES string of the molecule is CSC(CO)C(C)NC(=O)Nc1cc(C(F)(F)F)ccc1F. The van der Waals surface area contributed by atoms with Crippen molar-refractivity contribution >= 4 is 23.5 Å². The molecule has 0 fully saturated rings. The molecule has 0 radical (unpaired) electrons. The average Bonchev–Trinajstić information content (AvgIpc) is 2.41. The number of anilines is 1. The predicted octanol–water partition coefficient (Wildman–Crippen LogP) is 3.08. The second-order valence-corrected chi connectivity index (χ2v) is 5.61. The van der Waals surface area contributed by atoms with E-state index in [0.717, 1.165) is 0 Å². The number of amides is 2. The Labute approximate surface area is 129 Å². The van der Waals surface area contributed by atoms with Crippen LogP contribution in [0.25, 0.3) is 0 Å². The van der Waals surface area contributed by atoms with E-state index >= 15 is 0 Å². The standard InChI is InChI=1S/C13H16F4N2O2S/c1-7(11(6-20)22-2)18-12(21)19-10-5-8(13(15,16)17)3-4-9(10)14/h3-5,7,11,20H,6H2,1-2H3,(H2,18,19,21). The molecule has 2 atom stereocenters. The molecule has 0 saturated carbocycles. The van der Waals surface area contributed by atoms with E-state index in [1.807, 2.05) is 5.32 Å². The van der Waals surface area contributed by atoms with Gasteiger partial charge < -0.3 is 15.7 Å². The van der Waals surface area contributed by atoms with Gasteiger partial charge in [-0.3, -0.25) is 0 Å². The zero-order valence-electron chi connectivity index (χ0n) is 11.9. The minimum absolute atomic E-state index is 0.180. The number of hydrogen-bond donors (Lipinski definition) is 3. The third-order valence-corrected chi connectivity index (χ3v) is 4.10. The van der Waals surface area contributed by atoms with Crippen molar-refractivity contribution in [3.8, 4) is 0 Å². The van der Waals surface area contributed by atoms with E-state index < -0.39 is 35.3 Å². The summed E-state index contributed by atoms with van der Waals surface area (Å²) in [5.41, 5.74) is -1.63. The van der Waals surface area contributed by atoms with Gasteiger partial charge in [0.1, 0.15) is 5.82 Å². The number of alkyl halides is 3. The predicted molar refractivity (Wildman–Crippen MR) is 77.4 cm³/mol. The fourth-order valence-electron chi connectivity index (χ4n) is 1.69. The minimum Gasteiger partial charge on any atom is -0.395 e. The van der Waals surface area contributed by atoms with Crippen molar-refractivity contribution in [3.63, 3.8) is 0 Å². The number of benzene rings is 1. The van der Waals surface area contributed by atoms with Gasteiger partial charge in [0.25, 0.3) is 0 Å². The highest BCUT2D eigenvalue weighted by molar-refractivity contribution is 7.99. The summed E-state index contributed by atoms with van der Waals surface area (Å²) < 4.78 is 51.2. The van der Waals surface area contributed by atoms with E-state index in [9.17, 15) is 22.4 Å². The van der Waals surface area contributed by atoms with Crippen LogP contribution in [0.15, 0.2) is 18.2 Å². The largest absolute Gasteiger partial charge is 0.416 e. The van der Waals surface area contributed by atoms with Gasteiger partial charge in [0.15, 0.2) is 0 Å². The molecule has 0 spiro atoms. The quantitative estimate of drug-likeness (QED) is 0.722. The first-order valence-electron chi connectivity index (χ1n) is 6.27. The number of halogens is 4. The summed E-state index contributed by atoms with van der Waals surface area (Å²) in [6, 6.07) is 0.459. The highest BCUT2D eigenvalue weighted by Gasteiger charge is 2.31. The average molecular weight is 340 g/mol. The van der Waals surface area contributed by atoms with Gasteiger partial charge in [-0.25, -0.2) is 9.18 Å². The number of aliphatic hydroxyl groups excluding tert-OH is 1. The van der Waals surface area contributed by atoms with Crippen LogP contribution in [0, 0.1) is 5.82 Å². The van der Waals surface area contributed by atoms with Crippen LogP contribution in [0.1, 0.15) is 12.5 Å². The van der Waals surface area contributed by atoms with Crippen molar-refractivity contribution in [2.45, 2.75) is 24.4 Å². The van der Waals surface area contributed by atoms with Crippen LogP contribution in [0.4, 0.5) is 28.0 Å². The first-order valence-corrected chi connectivity index (χ1v) is 7.55. The third kappa shape index (κ3) is 5.06.